The molecule has 2 N–H and O–H groups in total. The zero-order valence-corrected chi connectivity index (χ0v) is 13.5. The quantitative estimate of drug-likeness (QED) is 0.910. The molecule has 1 heterocycles. The van der Waals surface area contributed by atoms with E-state index in [2.05, 4.69) is 56.9 Å². The third-order valence-electron chi connectivity index (χ3n) is 4.64. The van der Waals surface area contributed by atoms with Gasteiger partial charge in [0.2, 0.25) is 0 Å². The highest BCUT2D eigenvalue weighted by Crippen LogP contribution is 2.28. The maximum atomic E-state index is 6.05. The van der Waals surface area contributed by atoms with Crippen LogP contribution in [0.15, 0.2) is 24.3 Å². The van der Waals surface area contributed by atoms with Crippen molar-refractivity contribution in [1.29, 1.82) is 0 Å². The number of piperidine rings is 1. The van der Waals surface area contributed by atoms with E-state index in [4.69, 9.17) is 5.73 Å². The van der Waals surface area contributed by atoms with Crippen LogP contribution in [0.2, 0.25) is 0 Å². The smallest absolute Gasteiger partial charge is 0.0470 e. The number of likely N-dealkylation sites (tertiary alicyclic amines) is 1. The van der Waals surface area contributed by atoms with Gasteiger partial charge in [0.25, 0.3) is 0 Å². The van der Waals surface area contributed by atoms with Crippen LogP contribution in [0.4, 0.5) is 0 Å². The Balaban J connectivity index is 2.11. The van der Waals surface area contributed by atoms with Gasteiger partial charge in [0.15, 0.2) is 0 Å². The van der Waals surface area contributed by atoms with Gasteiger partial charge in [0.1, 0.15) is 0 Å². The van der Waals surface area contributed by atoms with E-state index in [1.807, 2.05) is 0 Å². The lowest BCUT2D eigenvalue weighted by atomic mass is 9.86. The predicted octanol–water partition coefficient (Wildman–Crippen LogP) is 3.72. The van der Waals surface area contributed by atoms with Crippen LogP contribution in [0.25, 0.3) is 0 Å². The van der Waals surface area contributed by atoms with E-state index in [-0.39, 0.29) is 5.41 Å². The molecule has 1 aromatic rings. The fourth-order valence-electron chi connectivity index (χ4n) is 3.04. The van der Waals surface area contributed by atoms with E-state index >= 15 is 0 Å². The van der Waals surface area contributed by atoms with Crippen LogP contribution in [0.1, 0.15) is 57.7 Å². The van der Waals surface area contributed by atoms with Gasteiger partial charge in [-0.15, -0.1) is 0 Å². The predicted molar refractivity (Wildman–Crippen MR) is 86.9 cm³/mol. The molecule has 0 aromatic heterocycles. The summed E-state index contributed by atoms with van der Waals surface area (Å²) in [6, 6.07) is 9.47. The van der Waals surface area contributed by atoms with Crippen LogP contribution in [0.3, 0.4) is 0 Å². The topological polar surface area (TPSA) is 29.3 Å². The molecule has 0 aliphatic carbocycles. The van der Waals surface area contributed by atoms with E-state index in [1.54, 1.807) is 0 Å². The van der Waals surface area contributed by atoms with Crippen LogP contribution >= 0.6 is 0 Å². The van der Waals surface area contributed by atoms with Crippen molar-refractivity contribution < 1.29 is 0 Å². The summed E-state index contributed by atoms with van der Waals surface area (Å²) in [5, 5.41) is 0. The summed E-state index contributed by atoms with van der Waals surface area (Å²) in [6.07, 6.45) is 2.60. The van der Waals surface area contributed by atoms with E-state index in [9.17, 15) is 0 Å². The average molecular weight is 274 g/mol. The molecule has 2 rings (SSSR count). The number of benzene rings is 1. The van der Waals surface area contributed by atoms with Gasteiger partial charge in [-0.1, -0.05) is 52.0 Å². The van der Waals surface area contributed by atoms with Crippen LogP contribution in [0.5, 0.6) is 0 Å². The van der Waals surface area contributed by atoms with Gasteiger partial charge in [0, 0.05) is 12.6 Å². The monoisotopic (exact) mass is 274 g/mol. The van der Waals surface area contributed by atoms with Crippen molar-refractivity contribution in [3.8, 4) is 0 Å². The molecule has 1 aliphatic rings. The maximum absolute atomic E-state index is 6.05. The highest BCUT2D eigenvalue weighted by molar-refractivity contribution is 5.29. The molecule has 0 saturated carbocycles. The molecular formula is C18H30N2. The molecule has 2 heteroatoms. The van der Waals surface area contributed by atoms with Crippen molar-refractivity contribution in [3.63, 3.8) is 0 Å². The highest BCUT2D eigenvalue weighted by Gasteiger charge is 2.24. The lowest BCUT2D eigenvalue weighted by molar-refractivity contribution is 0.141. The number of nitrogens with zero attached hydrogens (tertiary/aromatic N) is 1. The van der Waals surface area contributed by atoms with Gasteiger partial charge in [-0.05, 0) is 48.4 Å². The summed E-state index contributed by atoms with van der Waals surface area (Å²) in [5.74, 6) is 0.868. The van der Waals surface area contributed by atoms with Gasteiger partial charge in [-0.3, -0.25) is 4.90 Å². The molecule has 1 unspecified atom stereocenters. The number of hydrogen-bond donors (Lipinski definition) is 1. The average Bonchev–Trinajstić information content (AvgIpc) is 2.41. The minimum atomic E-state index is 0.220. The van der Waals surface area contributed by atoms with Gasteiger partial charge in [-0.25, -0.2) is 0 Å². The molecule has 0 spiro atoms. The van der Waals surface area contributed by atoms with Gasteiger partial charge in [-0.2, -0.15) is 0 Å². The van der Waals surface area contributed by atoms with E-state index in [0.717, 1.165) is 5.92 Å². The second kappa shape index (κ2) is 6.28. The summed E-state index contributed by atoms with van der Waals surface area (Å²) in [6.45, 7) is 12.2. The summed E-state index contributed by atoms with van der Waals surface area (Å²) in [4.78, 5) is 2.56. The first-order valence-electron chi connectivity index (χ1n) is 7.96. The minimum absolute atomic E-state index is 0.220. The molecule has 20 heavy (non-hydrogen) atoms. The molecular weight excluding hydrogens is 244 g/mol. The Morgan fingerprint density at radius 1 is 1.15 bits per heavy atom. The van der Waals surface area contributed by atoms with Gasteiger partial charge >= 0.3 is 0 Å². The molecule has 1 saturated heterocycles. The lowest BCUT2D eigenvalue weighted by Gasteiger charge is -2.36. The molecule has 1 fully saturated rings. The zero-order valence-electron chi connectivity index (χ0n) is 13.5. The first-order valence-corrected chi connectivity index (χ1v) is 7.96. The molecule has 1 aromatic carbocycles. The normalized spacial score (nSPS) is 20.1. The van der Waals surface area contributed by atoms with Crippen LogP contribution < -0.4 is 5.73 Å². The Morgan fingerprint density at radius 2 is 1.70 bits per heavy atom. The Bertz CT molecular complexity index is 408. The van der Waals surface area contributed by atoms with Gasteiger partial charge in [0.05, 0.1) is 0 Å². The Morgan fingerprint density at radius 3 is 2.15 bits per heavy atom. The SMILES string of the molecule is CC1CCN(C(CN)c2ccc(C(C)(C)C)cc2)CC1. The summed E-state index contributed by atoms with van der Waals surface area (Å²) >= 11 is 0. The molecule has 1 aliphatic heterocycles. The highest BCUT2D eigenvalue weighted by atomic mass is 15.2. The fraction of sp³-hybridized carbons (Fsp3) is 0.667. The van der Waals surface area contributed by atoms with Crippen LogP contribution in [0, 0.1) is 5.92 Å². The van der Waals surface area contributed by atoms with Crippen molar-refractivity contribution in [2.24, 2.45) is 11.7 Å². The Kier molecular flexibility index (Phi) is 4.87. The second-order valence-corrected chi connectivity index (χ2v) is 7.34. The van der Waals surface area contributed by atoms with Crippen LogP contribution in [-0.4, -0.2) is 24.5 Å². The molecule has 0 amide bonds. The van der Waals surface area contributed by atoms with E-state index in [0.29, 0.717) is 12.6 Å². The van der Waals surface area contributed by atoms with Crippen molar-refractivity contribution in [2.45, 2.75) is 52.0 Å². The first-order chi connectivity index (χ1) is 9.41. The lowest BCUT2D eigenvalue weighted by Crippen LogP contribution is -2.39. The first kappa shape index (κ1) is 15.5. The largest absolute Gasteiger partial charge is 0.329 e. The summed E-state index contributed by atoms with van der Waals surface area (Å²) in [7, 11) is 0. The summed E-state index contributed by atoms with van der Waals surface area (Å²) < 4.78 is 0. The molecule has 112 valence electrons. The molecule has 2 nitrogen and oxygen atoms in total. The maximum Gasteiger partial charge on any atom is 0.0470 e. The molecule has 0 bridgehead atoms. The van der Waals surface area contributed by atoms with Crippen molar-refractivity contribution >= 4 is 0 Å². The van der Waals surface area contributed by atoms with E-state index in [1.165, 1.54) is 37.1 Å². The summed E-state index contributed by atoms with van der Waals surface area (Å²) in [5.41, 5.74) is 9.04. The fourth-order valence-corrected chi connectivity index (χ4v) is 3.04. The molecule has 1 atom stereocenters. The molecule has 0 radical (unpaired) electrons. The minimum Gasteiger partial charge on any atom is -0.329 e. The Labute approximate surface area is 124 Å². The third kappa shape index (κ3) is 3.62. The zero-order chi connectivity index (χ0) is 14.8. The van der Waals surface area contributed by atoms with Crippen molar-refractivity contribution in [3.05, 3.63) is 35.4 Å². The number of nitrogens with two attached hydrogens (primary N) is 1. The van der Waals surface area contributed by atoms with Crippen molar-refractivity contribution in [1.82, 2.24) is 4.90 Å². The van der Waals surface area contributed by atoms with Crippen LogP contribution in [-0.2, 0) is 5.41 Å². The number of rotatable bonds is 3. The number of hydrogen-bond acceptors (Lipinski definition) is 2. The third-order valence-corrected chi connectivity index (χ3v) is 4.64. The van der Waals surface area contributed by atoms with Gasteiger partial charge < -0.3 is 5.73 Å². The Hall–Kier alpha value is -0.860. The van der Waals surface area contributed by atoms with E-state index < -0.39 is 0 Å². The standard InChI is InChI=1S/C18H30N2/c1-14-9-11-20(12-10-14)17(13-19)15-5-7-16(8-6-15)18(2,3)4/h5-8,14,17H,9-13,19H2,1-4H3. The second-order valence-electron chi connectivity index (χ2n) is 7.34. The van der Waals surface area contributed by atoms with Crippen molar-refractivity contribution in [2.75, 3.05) is 19.6 Å².